The third kappa shape index (κ3) is 2.76. The zero-order valence-electron chi connectivity index (χ0n) is 15.2. The standard InChI is InChI=1S/C18H20N2O5S/c1-11-6-7-15(24-5)17(8-11)26(22,23)20(4)13-10-16-14(9-12(13)2)19(3)18(21)25-16/h6-10H,1-5H3. The maximum Gasteiger partial charge on any atom is 0.419 e. The fraction of sp³-hybridized carbons (Fsp3) is 0.278. The van der Waals surface area contributed by atoms with E-state index in [2.05, 4.69) is 0 Å². The topological polar surface area (TPSA) is 81.8 Å². The van der Waals surface area contributed by atoms with Crippen molar-refractivity contribution in [2.45, 2.75) is 18.7 Å². The number of aryl methyl sites for hydroxylation is 3. The number of sulfonamides is 1. The van der Waals surface area contributed by atoms with Gasteiger partial charge in [-0.05, 0) is 43.2 Å². The summed E-state index contributed by atoms with van der Waals surface area (Å²) in [5, 5.41) is 0. The van der Waals surface area contributed by atoms with Gasteiger partial charge in [0.25, 0.3) is 10.0 Å². The number of nitrogens with zero attached hydrogens (tertiary/aromatic N) is 2. The Labute approximate surface area is 151 Å². The Morgan fingerprint density at radius 2 is 1.85 bits per heavy atom. The van der Waals surface area contributed by atoms with E-state index >= 15 is 0 Å². The molecule has 7 nitrogen and oxygen atoms in total. The maximum absolute atomic E-state index is 13.2. The van der Waals surface area contributed by atoms with Crippen molar-refractivity contribution in [1.82, 2.24) is 4.57 Å². The van der Waals surface area contributed by atoms with Gasteiger partial charge >= 0.3 is 5.76 Å². The second-order valence-electron chi connectivity index (χ2n) is 6.16. The average Bonchev–Trinajstić information content (AvgIpc) is 2.87. The predicted molar refractivity (Wildman–Crippen MR) is 99.5 cm³/mol. The molecule has 138 valence electrons. The lowest BCUT2D eigenvalue weighted by atomic mass is 10.2. The molecule has 0 atom stereocenters. The normalized spacial score (nSPS) is 11.7. The Morgan fingerprint density at radius 1 is 1.15 bits per heavy atom. The average molecular weight is 376 g/mol. The van der Waals surface area contributed by atoms with E-state index in [0.29, 0.717) is 22.4 Å². The Balaban J connectivity index is 2.18. The molecular formula is C18H20N2O5S. The second kappa shape index (κ2) is 6.21. The molecule has 0 radical (unpaired) electrons. The van der Waals surface area contributed by atoms with Crippen LogP contribution in [0.2, 0.25) is 0 Å². The molecule has 0 saturated heterocycles. The maximum atomic E-state index is 13.2. The first-order chi connectivity index (χ1) is 12.2. The van der Waals surface area contributed by atoms with Crippen LogP contribution in [0.5, 0.6) is 5.75 Å². The first kappa shape index (κ1) is 18.1. The largest absolute Gasteiger partial charge is 0.495 e. The number of rotatable bonds is 4. The number of benzene rings is 2. The number of hydrogen-bond donors (Lipinski definition) is 0. The third-order valence-corrected chi connectivity index (χ3v) is 6.20. The quantitative estimate of drug-likeness (QED) is 0.699. The van der Waals surface area contributed by atoms with E-state index in [1.165, 1.54) is 23.0 Å². The van der Waals surface area contributed by atoms with E-state index < -0.39 is 15.8 Å². The van der Waals surface area contributed by atoms with E-state index in [1.54, 1.807) is 44.3 Å². The summed E-state index contributed by atoms with van der Waals surface area (Å²) < 4.78 is 39.3. The van der Waals surface area contributed by atoms with Gasteiger partial charge in [0.2, 0.25) is 0 Å². The van der Waals surface area contributed by atoms with Crippen LogP contribution >= 0.6 is 0 Å². The van der Waals surface area contributed by atoms with Crippen molar-refractivity contribution in [2.24, 2.45) is 7.05 Å². The second-order valence-corrected chi connectivity index (χ2v) is 8.10. The summed E-state index contributed by atoms with van der Waals surface area (Å²) in [4.78, 5) is 11.8. The van der Waals surface area contributed by atoms with Gasteiger partial charge in [-0.2, -0.15) is 0 Å². The molecular weight excluding hydrogens is 356 g/mol. The number of ether oxygens (including phenoxy) is 1. The van der Waals surface area contributed by atoms with E-state index in [4.69, 9.17) is 9.15 Å². The van der Waals surface area contributed by atoms with Gasteiger partial charge in [0.05, 0.1) is 18.3 Å². The van der Waals surface area contributed by atoms with Crippen LogP contribution in [-0.2, 0) is 17.1 Å². The molecule has 3 rings (SSSR count). The molecule has 0 aliphatic rings. The first-order valence-electron chi connectivity index (χ1n) is 7.90. The van der Waals surface area contributed by atoms with Gasteiger partial charge in [-0.3, -0.25) is 8.87 Å². The highest BCUT2D eigenvalue weighted by Gasteiger charge is 2.27. The summed E-state index contributed by atoms with van der Waals surface area (Å²) in [6.45, 7) is 3.60. The summed E-state index contributed by atoms with van der Waals surface area (Å²) >= 11 is 0. The lowest BCUT2D eigenvalue weighted by molar-refractivity contribution is 0.402. The lowest BCUT2D eigenvalue weighted by Gasteiger charge is -2.22. The molecule has 0 amide bonds. The molecule has 8 heteroatoms. The fourth-order valence-electron chi connectivity index (χ4n) is 2.87. The molecule has 0 saturated carbocycles. The zero-order valence-corrected chi connectivity index (χ0v) is 16.0. The van der Waals surface area contributed by atoms with Crippen LogP contribution in [0.15, 0.2) is 44.4 Å². The van der Waals surface area contributed by atoms with E-state index in [1.807, 2.05) is 6.92 Å². The number of fused-ring (bicyclic) bond motifs is 1. The molecule has 0 aliphatic carbocycles. The van der Waals surface area contributed by atoms with Gasteiger partial charge in [0.15, 0.2) is 5.58 Å². The number of aromatic nitrogens is 1. The van der Waals surface area contributed by atoms with Crippen molar-refractivity contribution in [1.29, 1.82) is 0 Å². The summed E-state index contributed by atoms with van der Waals surface area (Å²) in [5.74, 6) is -0.227. The van der Waals surface area contributed by atoms with Gasteiger partial charge in [0.1, 0.15) is 10.6 Å². The summed E-state index contributed by atoms with van der Waals surface area (Å²) in [6, 6.07) is 8.28. The molecule has 1 heterocycles. The molecule has 0 N–H and O–H groups in total. The minimum Gasteiger partial charge on any atom is -0.495 e. The van der Waals surface area contributed by atoms with Gasteiger partial charge in [-0.25, -0.2) is 13.2 Å². The van der Waals surface area contributed by atoms with Crippen molar-refractivity contribution in [2.75, 3.05) is 18.5 Å². The molecule has 26 heavy (non-hydrogen) atoms. The molecule has 0 fully saturated rings. The monoisotopic (exact) mass is 376 g/mol. The summed E-state index contributed by atoms with van der Waals surface area (Å²) in [7, 11) is 0.627. The minimum absolute atomic E-state index is 0.0801. The van der Waals surface area contributed by atoms with E-state index in [-0.39, 0.29) is 10.6 Å². The van der Waals surface area contributed by atoms with Crippen LogP contribution in [0, 0.1) is 13.8 Å². The fourth-order valence-corrected chi connectivity index (χ4v) is 4.36. The summed E-state index contributed by atoms with van der Waals surface area (Å²) in [5.41, 5.74) is 2.87. The van der Waals surface area contributed by atoms with E-state index in [0.717, 1.165) is 5.56 Å². The predicted octanol–water partition coefficient (Wildman–Crippen LogP) is 2.58. The number of methoxy groups -OCH3 is 1. The Bertz CT molecular complexity index is 1160. The van der Waals surface area contributed by atoms with Crippen LogP contribution in [0.1, 0.15) is 11.1 Å². The number of anilines is 1. The van der Waals surface area contributed by atoms with Gasteiger partial charge in [-0.15, -0.1) is 0 Å². The van der Waals surface area contributed by atoms with Crippen LogP contribution in [0.4, 0.5) is 5.69 Å². The lowest BCUT2D eigenvalue weighted by Crippen LogP contribution is -2.27. The van der Waals surface area contributed by atoms with Crippen LogP contribution < -0.4 is 14.8 Å². The van der Waals surface area contributed by atoms with Crippen molar-refractivity contribution >= 4 is 26.8 Å². The molecule has 3 aromatic rings. The molecule has 2 aromatic carbocycles. The number of oxazole rings is 1. The minimum atomic E-state index is -3.87. The van der Waals surface area contributed by atoms with Crippen LogP contribution in [0.25, 0.3) is 11.1 Å². The highest BCUT2D eigenvalue weighted by Crippen LogP contribution is 2.33. The van der Waals surface area contributed by atoms with E-state index in [9.17, 15) is 13.2 Å². The van der Waals surface area contributed by atoms with Crippen molar-refractivity contribution in [3.63, 3.8) is 0 Å². The van der Waals surface area contributed by atoms with Gasteiger partial charge in [0, 0.05) is 20.2 Å². The SMILES string of the molecule is COc1ccc(C)cc1S(=O)(=O)N(C)c1cc2oc(=O)n(C)c2cc1C. The zero-order chi connectivity index (χ0) is 19.2. The Morgan fingerprint density at radius 3 is 2.50 bits per heavy atom. The smallest absolute Gasteiger partial charge is 0.419 e. The van der Waals surface area contributed by atoms with Crippen molar-refractivity contribution in [3.05, 3.63) is 52.0 Å². The van der Waals surface area contributed by atoms with Gasteiger partial charge < -0.3 is 9.15 Å². The van der Waals surface area contributed by atoms with Crippen molar-refractivity contribution in [3.8, 4) is 5.75 Å². The van der Waals surface area contributed by atoms with Gasteiger partial charge in [-0.1, -0.05) is 6.07 Å². The highest BCUT2D eigenvalue weighted by atomic mass is 32.2. The molecule has 0 bridgehead atoms. The summed E-state index contributed by atoms with van der Waals surface area (Å²) in [6.07, 6.45) is 0. The van der Waals surface area contributed by atoms with Crippen LogP contribution in [-0.4, -0.2) is 27.1 Å². The Kier molecular flexibility index (Phi) is 4.31. The third-order valence-electron chi connectivity index (χ3n) is 4.41. The molecule has 0 unspecified atom stereocenters. The molecule has 1 aromatic heterocycles. The Hall–Kier alpha value is -2.74. The molecule has 0 aliphatic heterocycles. The van der Waals surface area contributed by atoms with Crippen molar-refractivity contribution < 1.29 is 17.6 Å². The highest BCUT2D eigenvalue weighted by molar-refractivity contribution is 7.93. The number of hydrogen-bond acceptors (Lipinski definition) is 5. The van der Waals surface area contributed by atoms with Crippen LogP contribution in [0.3, 0.4) is 0 Å². The first-order valence-corrected chi connectivity index (χ1v) is 9.34. The molecule has 0 spiro atoms.